The number of aliphatic carboxylic acids is 1. The molecule has 1 fully saturated rings. The normalized spacial score (nSPS) is 16.3. The van der Waals surface area contributed by atoms with Crippen molar-refractivity contribution in [1.29, 1.82) is 0 Å². The summed E-state index contributed by atoms with van der Waals surface area (Å²) in [7, 11) is 0. The lowest BCUT2D eigenvalue weighted by Gasteiger charge is -2.38. The van der Waals surface area contributed by atoms with E-state index in [1.54, 1.807) is 6.07 Å². The molecule has 5 heteroatoms. The van der Waals surface area contributed by atoms with Crippen molar-refractivity contribution in [3.63, 3.8) is 0 Å². The zero-order chi connectivity index (χ0) is 13.9. The molecule has 1 aromatic carbocycles. The van der Waals surface area contributed by atoms with Crippen LogP contribution in [-0.4, -0.2) is 22.6 Å². The van der Waals surface area contributed by atoms with Crippen LogP contribution in [0.1, 0.15) is 31.7 Å². The Labute approximate surface area is 112 Å². The Morgan fingerprint density at radius 1 is 1.37 bits per heavy atom. The molecule has 102 valence electrons. The van der Waals surface area contributed by atoms with Gasteiger partial charge in [-0.05, 0) is 43.4 Å². The first-order valence-electron chi connectivity index (χ1n) is 6.47. The number of benzene rings is 1. The molecular formula is C14H18N2O3. The molecule has 0 saturated heterocycles. The lowest BCUT2D eigenvalue weighted by Crippen LogP contribution is -2.60. The predicted molar refractivity (Wildman–Crippen MR) is 72.2 cm³/mol. The summed E-state index contributed by atoms with van der Waals surface area (Å²) in [5.41, 5.74) is 0.720. The zero-order valence-corrected chi connectivity index (χ0v) is 10.9. The van der Waals surface area contributed by atoms with Gasteiger partial charge in [0.1, 0.15) is 5.54 Å². The van der Waals surface area contributed by atoms with Crippen LogP contribution < -0.4 is 10.6 Å². The van der Waals surface area contributed by atoms with E-state index in [1.807, 2.05) is 25.1 Å². The van der Waals surface area contributed by atoms with E-state index in [2.05, 4.69) is 10.6 Å². The number of carbonyl (C=O) groups is 2. The number of hydrogen-bond donors (Lipinski definition) is 3. The van der Waals surface area contributed by atoms with E-state index in [0.717, 1.165) is 18.4 Å². The van der Waals surface area contributed by atoms with Crippen LogP contribution in [0.2, 0.25) is 0 Å². The van der Waals surface area contributed by atoms with Crippen molar-refractivity contribution in [3.8, 4) is 0 Å². The highest BCUT2D eigenvalue weighted by Crippen LogP contribution is 2.32. The molecule has 1 aromatic rings. The van der Waals surface area contributed by atoms with Gasteiger partial charge in [0, 0.05) is 5.69 Å². The van der Waals surface area contributed by atoms with Gasteiger partial charge < -0.3 is 15.7 Å². The third-order valence-corrected chi connectivity index (χ3v) is 3.56. The van der Waals surface area contributed by atoms with Gasteiger partial charge in [0.15, 0.2) is 0 Å². The maximum Gasteiger partial charge on any atom is 0.329 e. The second-order valence-corrected chi connectivity index (χ2v) is 4.87. The lowest BCUT2D eigenvalue weighted by atomic mass is 9.77. The van der Waals surface area contributed by atoms with E-state index >= 15 is 0 Å². The third-order valence-electron chi connectivity index (χ3n) is 3.56. The van der Waals surface area contributed by atoms with Crippen molar-refractivity contribution in [1.82, 2.24) is 5.32 Å². The number of aryl methyl sites for hydroxylation is 1. The summed E-state index contributed by atoms with van der Waals surface area (Å²) < 4.78 is 0. The minimum Gasteiger partial charge on any atom is -0.480 e. The van der Waals surface area contributed by atoms with Crippen LogP contribution in [0.4, 0.5) is 10.5 Å². The lowest BCUT2D eigenvalue weighted by molar-refractivity contribution is -0.148. The highest BCUT2D eigenvalue weighted by Gasteiger charge is 2.45. The van der Waals surface area contributed by atoms with Gasteiger partial charge in [-0.1, -0.05) is 19.1 Å². The number of rotatable bonds is 4. The summed E-state index contributed by atoms with van der Waals surface area (Å²) in [4.78, 5) is 23.0. The topological polar surface area (TPSA) is 78.4 Å². The Kier molecular flexibility index (Phi) is 3.74. The van der Waals surface area contributed by atoms with Gasteiger partial charge in [-0.25, -0.2) is 9.59 Å². The molecule has 2 amide bonds. The number of urea groups is 1. The van der Waals surface area contributed by atoms with E-state index in [9.17, 15) is 9.59 Å². The van der Waals surface area contributed by atoms with Crippen LogP contribution in [0.15, 0.2) is 24.3 Å². The van der Waals surface area contributed by atoms with Crippen molar-refractivity contribution in [2.24, 2.45) is 0 Å². The molecule has 0 aromatic heterocycles. The fourth-order valence-electron chi connectivity index (χ4n) is 2.17. The molecule has 0 radical (unpaired) electrons. The molecule has 0 unspecified atom stereocenters. The maximum absolute atomic E-state index is 11.8. The second-order valence-electron chi connectivity index (χ2n) is 4.87. The first-order chi connectivity index (χ1) is 9.05. The number of carboxylic acids is 1. The molecule has 5 nitrogen and oxygen atoms in total. The Balaban J connectivity index is 1.99. The molecule has 0 aliphatic heterocycles. The SMILES string of the molecule is CCc1cccc(NC(=O)NC2(C(=O)O)CCC2)c1. The molecule has 1 saturated carbocycles. The number of amides is 2. The molecule has 0 atom stereocenters. The summed E-state index contributed by atoms with van der Waals surface area (Å²) in [6.07, 6.45) is 2.70. The van der Waals surface area contributed by atoms with E-state index in [-0.39, 0.29) is 0 Å². The van der Waals surface area contributed by atoms with Crippen molar-refractivity contribution in [2.45, 2.75) is 38.1 Å². The van der Waals surface area contributed by atoms with Crippen molar-refractivity contribution >= 4 is 17.7 Å². The third kappa shape index (κ3) is 2.86. The minimum atomic E-state index is -1.08. The monoisotopic (exact) mass is 262 g/mol. The van der Waals surface area contributed by atoms with Gasteiger partial charge in [-0.2, -0.15) is 0 Å². The molecule has 0 heterocycles. The average Bonchev–Trinajstić information content (AvgIpc) is 2.33. The molecule has 19 heavy (non-hydrogen) atoms. The fourth-order valence-corrected chi connectivity index (χ4v) is 2.17. The van der Waals surface area contributed by atoms with Crippen LogP contribution in [0.5, 0.6) is 0 Å². The first kappa shape index (κ1) is 13.4. The largest absolute Gasteiger partial charge is 0.480 e. The molecule has 0 spiro atoms. The van der Waals surface area contributed by atoms with Crippen molar-refractivity contribution in [2.75, 3.05) is 5.32 Å². The highest BCUT2D eigenvalue weighted by molar-refractivity contribution is 5.94. The zero-order valence-electron chi connectivity index (χ0n) is 10.9. The summed E-state index contributed by atoms with van der Waals surface area (Å²) in [6, 6.07) is 7.05. The molecule has 0 bridgehead atoms. The van der Waals surface area contributed by atoms with Crippen molar-refractivity contribution < 1.29 is 14.7 Å². The predicted octanol–water partition coefficient (Wildman–Crippen LogP) is 2.38. The summed E-state index contributed by atoms with van der Waals surface area (Å²) >= 11 is 0. The molecule has 1 aliphatic carbocycles. The Morgan fingerprint density at radius 2 is 2.11 bits per heavy atom. The first-order valence-corrected chi connectivity index (χ1v) is 6.47. The van der Waals surface area contributed by atoms with Gasteiger partial charge in [0.05, 0.1) is 0 Å². The molecule has 3 N–H and O–H groups in total. The van der Waals surface area contributed by atoms with Crippen LogP contribution in [0.3, 0.4) is 0 Å². The van der Waals surface area contributed by atoms with Crippen LogP contribution >= 0.6 is 0 Å². The van der Waals surface area contributed by atoms with Gasteiger partial charge in [-0.15, -0.1) is 0 Å². The van der Waals surface area contributed by atoms with Crippen LogP contribution in [0.25, 0.3) is 0 Å². The van der Waals surface area contributed by atoms with E-state index in [4.69, 9.17) is 5.11 Å². The quantitative estimate of drug-likeness (QED) is 0.779. The molecular weight excluding hydrogens is 244 g/mol. The van der Waals surface area contributed by atoms with Crippen LogP contribution in [0, 0.1) is 0 Å². The van der Waals surface area contributed by atoms with Gasteiger partial charge in [-0.3, -0.25) is 0 Å². The van der Waals surface area contributed by atoms with Gasteiger partial charge >= 0.3 is 12.0 Å². The van der Waals surface area contributed by atoms with Crippen LogP contribution in [-0.2, 0) is 11.2 Å². The summed E-state index contributed by atoms with van der Waals surface area (Å²) in [5.74, 6) is -0.962. The number of hydrogen-bond acceptors (Lipinski definition) is 2. The standard InChI is InChI=1S/C14H18N2O3/c1-2-10-5-3-6-11(9-10)15-13(19)16-14(12(17)18)7-4-8-14/h3,5-6,9H,2,4,7-8H2,1H3,(H,17,18)(H2,15,16,19). The summed E-state index contributed by atoms with van der Waals surface area (Å²) in [5, 5.41) is 14.4. The Bertz CT molecular complexity index is 495. The maximum atomic E-state index is 11.8. The molecule has 1 aliphatic rings. The summed E-state index contributed by atoms with van der Waals surface area (Å²) in [6.45, 7) is 2.03. The van der Waals surface area contributed by atoms with Gasteiger partial charge in [0.2, 0.25) is 0 Å². The van der Waals surface area contributed by atoms with E-state index in [1.165, 1.54) is 0 Å². The Morgan fingerprint density at radius 3 is 2.63 bits per heavy atom. The fraction of sp³-hybridized carbons (Fsp3) is 0.429. The average molecular weight is 262 g/mol. The number of carboxylic acid groups (broad SMARTS) is 1. The smallest absolute Gasteiger partial charge is 0.329 e. The number of anilines is 1. The minimum absolute atomic E-state index is 0.463. The highest BCUT2D eigenvalue weighted by atomic mass is 16.4. The number of nitrogens with one attached hydrogen (secondary N) is 2. The second kappa shape index (κ2) is 5.30. The van der Waals surface area contributed by atoms with Crippen molar-refractivity contribution in [3.05, 3.63) is 29.8 Å². The number of carbonyl (C=O) groups excluding carboxylic acids is 1. The Hall–Kier alpha value is -2.04. The van der Waals surface area contributed by atoms with E-state index < -0.39 is 17.5 Å². The molecule has 2 rings (SSSR count). The van der Waals surface area contributed by atoms with Gasteiger partial charge in [0.25, 0.3) is 0 Å². The van der Waals surface area contributed by atoms with E-state index in [0.29, 0.717) is 18.5 Å².